The zero-order chi connectivity index (χ0) is 22.5. The number of aliphatic hydroxyl groups is 1. The fourth-order valence-electron chi connectivity index (χ4n) is 6.78. The molecule has 0 unspecified atom stereocenters. The minimum atomic E-state index is -0.188. The molecule has 0 saturated heterocycles. The topological polar surface area (TPSA) is 66.8 Å². The molecule has 5 atom stereocenters. The second-order valence-corrected chi connectivity index (χ2v) is 10.1. The van der Waals surface area contributed by atoms with Gasteiger partial charge in [0.15, 0.2) is 5.78 Å². The molecule has 0 radical (unpaired) electrons. The average Bonchev–Trinajstić information content (AvgIpc) is 3.11. The molecule has 0 bridgehead atoms. The van der Waals surface area contributed by atoms with Gasteiger partial charge in [-0.15, -0.1) is 0 Å². The van der Waals surface area contributed by atoms with E-state index in [4.69, 9.17) is 4.74 Å². The number of benzene rings is 2. The summed E-state index contributed by atoms with van der Waals surface area (Å²) < 4.78 is 5.25. The number of aliphatic hydroxyl groups excluding tert-OH is 1. The van der Waals surface area contributed by atoms with Crippen molar-refractivity contribution in [2.45, 2.75) is 57.5 Å². The summed E-state index contributed by atoms with van der Waals surface area (Å²) in [5.41, 5.74) is 3.71. The molecule has 2 N–H and O–H groups in total. The molecule has 5 rings (SSSR count). The van der Waals surface area contributed by atoms with Crippen LogP contribution in [0.15, 0.2) is 42.5 Å². The Morgan fingerprint density at radius 3 is 2.81 bits per heavy atom. The lowest BCUT2D eigenvalue weighted by molar-refractivity contribution is -0.0226. The monoisotopic (exact) mass is 432 g/mol. The van der Waals surface area contributed by atoms with E-state index >= 15 is 0 Å². The van der Waals surface area contributed by atoms with Gasteiger partial charge in [0.1, 0.15) is 11.5 Å². The molecule has 3 aliphatic carbocycles. The lowest BCUT2D eigenvalue weighted by atomic mass is 9.55. The number of hydrogen-bond donors (Lipinski definition) is 2. The van der Waals surface area contributed by atoms with Gasteiger partial charge >= 0.3 is 0 Å². The quantitative estimate of drug-likeness (QED) is 0.494. The molecule has 0 spiro atoms. The van der Waals surface area contributed by atoms with Crippen LogP contribution in [0.4, 0.5) is 0 Å². The van der Waals surface area contributed by atoms with Crippen molar-refractivity contribution < 1.29 is 19.7 Å². The number of hydrogen-bond acceptors (Lipinski definition) is 4. The molecule has 2 aromatic carbocycles. The maximum Gasteiger partial charge on any atom is 0.189 e. The first kappa shape index (κ1) is 21.3. The van der Waals surface area contributed by atoms with Crippen LogP contribution in [0.1, 0.15) is 72.0 Å². The SMILES string of the molecule is COc1cccc(/C=C/C(=O)c2cc3c(cc2O)CC[C@@H]2[C@@H]3CC[C@]3(C)[C@@H](O)CC[C@@H]23)c1. The van der Waals surface area contributed by atoms with Gasteiger partial charge in [-0.3, -0.25) is 4.79 Å². The van der Waals surface area contributed by atoms with E-state index in [1.807, 2.05) is 36.4 Å². The number of carbonyl (C=O) groups is 1. The van der Waals surface area contributed by atoms with Gasteiger partial charge in [-0.1, -0.05) is 25.1 Å². The second kappa shape index (κ2) is 8.08. The first-order valence-electron chi connectivity index (χ1n) is 11.8. The Kier molecular flexibility index (Phi) is 5.37. The van der Waals surface area contributed by atoms with E-state index < -0.39 is 0 Å². The number of ketones is 1. The highest BCUT2D eigenvalue weighted by molar-refractivity contribution is 6.08. The van der Waals surface area contributed by atoms with Gasteiger partial charge in [-0.2, -0.15) is 0 Å². The number of rotatable bonds is 4. The number of phenolic OH excluding ortho intramolecular Hbond substituents is 1. The number of carbonyl (C=O) groups excluding carboxylic acids is 1. The predicted octanol–water partition coefficient (Wildman–Crippen LogP) is 5.51. The molecule has 0 aromatic heterocycles. The van der Waals surface area contributed by atoms with E-state index in [0.717, 1.165) is 49.8 Å². The van der Waals surface area contributed by atoms with Crippen LogP contribution in [0.2, 0.25) is 0 Å². The van der Waals surface area contributed by atoms with Crippen LogP contribution in [0.25, 0.3) is 6.08 Å². The molecule has 2 saturated carbocycles. The zero-order valence-electron chi connectivity index (χ0n) is 18.9. The van der Waals surface area contributed by atoms with Crippen molar-refractivity contribution in [2.24, 2.45) is 17.3 Å². The smallest absolute Gasteiger partial charge is 0.189 e. The summed E-state index contributed by atoms with van der Waals surface area (Å²) in [6.07, 6.45) is 9.22. The molecule has 0 heterocycles. The number of methoxy groups -OCH3 is 1. The maximum absolute atomic E-state index is 13.0. The Labute approximate surface area is 189 Å². The van der Waals surface area contributed by atoms with Crippen molar-refractivity contribution in [1.82, 2.24) is 0 Å². The zero-order valence-corrected chi connectivity index (χ0v) is 18.9. The third-order valence-electron chi connectivity index (χ3n) is 8.58. The molecule has 2 fully saturated rings. The minimum absolute atomic E-state index is 0.0354. The van der Waals surface area contributed by atoms with E-state index in [9.17, 15) is 15.0 Å². The second-order valence-electron chi connectivity index (χ2n) is 10.1. The van der Waals surface area contributed by atoms with Crippen LogP contribution in [0, 0.1) is 17.3 Å². The van der Waals surface area contributed by atoms with Crippen molar-refractivity contribution in [1.29, 1.82) is 0 Å². The van der Waals surface area contributed by atoms with E-state index in [2.05, 4.69) is 6.92 Å². The number of fused-ring (bicyclic) bond motifs is 5. The summed E-state index contributed by atoms with van der Waals surface area (Å²) in [5, 5.41) is 21.2. The molecule has 0 amide bonds. The summed E-state index contributed by atoms with van der Waals surface area (Å²) >= 11 is 0. The van der Waals surface area contributed by atoms with Gasteiger partial charge in [0.25, 0.3) is 0 Å². The molecule has 3 aliphatic rings. The minimum Gasteiger partial charge on any atom is -0.507 e. The predicted molar refractivity (Wildman–Crippen MR) is 125 cm³/mol. The average molecular weight is 433 g/mol. The molecule has 4 nitrogen and oxygen atoms in total. The van der Waals surface area contributed by atoms with Gasteiger partial charge < -0.3 is 14.9 Å². The molecular formula is C28H32O4. The molecular weight excluding hydrogens is 400 g/mol. The van der Waals surface area contributed by atoms with Crippen LogP contribution in [-0.4, -0.2) is 29.2 Å². The van der Waals surface area contributed by atoms with Crippen molar-refractivity contribution in [3.05, 3.63) is 64.7 Å². The fourth-order valence-corrected chi connectivity index (χ4v) is 6.78. The van der Waals surface area contributed by atoms with E-state index in [1.165, 1.54) is 17.2 Å². The fraction of sp³-hybridized carbons (Fsp3) is 0.464. The third kappa shape index (κ3) is 3.45. The molecule has 168 valence electrons. The Bertz CT molecular complexity index is 1070. The Morgan fingerprint density at radius 2 is 2.00 bits per heavy atom. The highest BCUT2D eigenvalue weighted by Crippen LogP contribution is 2.61. The van der Waals surface area contributed by atoms with Crippen LogP contribution < -0.4 is 4.74 Å². The van der Waals surface area contributed by atoms with Crippen molar-refractivity contribution >= 4 is 11.9 Å². The summed E-state index contributed by atoms with van der Waals surface area (Å²) in [4.78, 5) is 13.0. The van der Waals surface area contributed by atoms with Crippen LogP contribution in [0.3, 0.4) is 0 Å². The van der Waals surface area contributed by atoms with Gasteiger partial charge in [-0.25, -0.2) is 0 Å². The highest BCUT2D eigenvalue weighted by atomic mass is 16.5. The van der Waals surface area contributed by atoms with E-state index in [1.54, 1.807) is 13.2 Å². The standard InChI is InChI=1S/C28H32O4/c1-28-13-12-20-21(24(28)9-11-27(28)31)8-7-18-15-26(30)23(16-22(18)20)25(29)10-6-17-4-3-5-19(14-17)32-2/h3-6,10,14-16,20-21,24,27,30-31H,7-9,11-13H2,1-2H3/b10-6+/t20-,21+,24-,27-,28-/m0/s1. The summed E-state index contributed by atoms with van der Waals surface area (Å²) in [6.45, 7) is 2.27. The van der Waals surface area contributed by atoms with E-state index in [0.29, 0.717) is 23.3 Å². The lowest BCUT2D eigenvalue weighted by Crippen LogP contribution is -2.43. The lowest BCUT2D eigenvalue weighted by Gasteiger charge is -2.50. The number of aromatic hydroxyl groups is 1. The van der Waals surface area contributed by atoms with Crippen molar-refractivity contribution in [3.63, 3.8) is 0 Å². The third-order valence-corrected chi connectivity index (χ3v) is 8.58. The molecule has 4 heteroatoms. The van der Waals surface area contributed by atoms with Crippen molar-refractivity contribution in [2.75, 3.05) is 7.11 Å². The van der Waals surface area contributed by atoms with Crippen molar-refractivity contribution in [3.8, 4) is 11.5 Å². The van der Waals surface area contributed by atoms with Gasteiger partial charge in [0, 0.05) is 0 Å². The number of ether oxygens (including phenoxy) is 1. The van der Waals surface area contributed by atoms with E-state index in [-0.39, 0.29) is 23.1 Å². The number of allylic oxidation sites excluding steroid dienone is 1. The number of phenols is 1. The van der Waals surface area contributed by atoms with Gasteiger partial charge in [-0.05, 0) is 109 Å². The first-order chi connectivity index (χ1) is 15.4. The van der Waals surface area contributed by atoms with Crippen LogP contribution >= 0.6 is 0 Å². The summed E-state index contributed by atoms with van der Waals surface area (Å²) in [6, 6.07) is 11.3. The summed E-state index contributed by atoms with van der Waals surface area (Å²) in [5.74, 6) is 2.13. The number of aryl methyl sites for hydroxylation is 1. The molecule has 32 heavy (non-hydrogen) atoms. The van der Waals surface area contributed by atoms with Crippen LogP contribution in [-0.2, 0) is 6.42 Å². The highest BCUT2D eigenvalue weighted by Gasteiger charge is 2.54. The van der Waals surface area contributed by atoms with Gasteiger partial charge in [0.2, 0.25) is 0 Å². The Hall–Kier alpha value is -2.59. The largest absolute Gasteiger partial charge is 0.507 e. The Balaban J connectivity index is 1.43. The molecule has 0 aliphatic heterocycles. The maximum atomic E-state index is 13.0. The van der Waals surface area contributed by atoms with Gasteiger partial charge in [0.05, 0.1) is 18.8 Å². The molecule has 2 aromatic rings. The summed E-state index contributed by atoms with van der Waals surface area (Å²) in [7, 11) is 1.62. The Morgan fingerprint density at radius 1 is 1.16 bits per heavy atom. The first-order valence-corrected chi connectivity index (χ1v) is 11.8. The van der Waals surface area contributed by atoms with Crippen LogP contribution in [0.5, 0.6) is 11.5 Å². The normalized spacial score (nSPS) is 31.1.